The lowest BCUT2D eigenvalue weighted by Crippen LogP contribution is -2.13. The van der Waals surface area contributed by atoms with Crippen molar-refractivity contribution in [1.29, 1.82) is 0 Å². The second kappa shape index (κ2) is 7.64. The second-order valence-corrected chi connectivity index (χ2v) is 5.64. The Morgan fingerprint density at radius 2 is 1.21 bits per heavy atom. The average Bonchev–Trinajstić information content (AvgIpc) is 2.62. The third kappa shape index (κ3) is 3.74. The molecule has 0 saturated heterocycles. The van der Waals surface area contributed by atoms with E-state index in [1.807, 2.05) is 62.4 Å². The molecule has 0 bridgehead atoms. The molecule has 2 aromatic carbocycles. The molecule has 0 aliphatic heterocycles. The summed E-state index contributed by atoms with van der Waals surface area (Å²) < 4.78 is 10.4. The van der Waals surface area contributed by atoms with Gasteiger partial charge >= 0.3 is 0 Å². The Bertz CT molecular complexity index is 673. The summed E-state index contributed by atoms with van der Waals surface area (Å²) in [5.74, 6) is 2.32. The molecule has 0 radical (unpaired) electrons. The summed E-state index contributed by atoms with van der Waals surface area (Å²) in [5, 5.41) is 13.0. The van der Waals surface area contributed by atoms with E-state index in [9.17, 15) is 5.11 Å². The quantitative estimate of drug-likeness (QED) is 0.459. The summed E-state index contributed by atoms with van der Waals surface area (Å²) in [5.41, 5.74) is 2.78. The Balaban J connectivity index is 2.59. The third-order valence-corrected chi connectivity index (χ3v) is 3.86. The number of hydrogen-bond donors (Lipinski definition) is 0. The van der Waals surface area contributed by atoms with E-state index in [1.165, 1.54) is 0 Å². The first-order valence-corrected chi connectivity index (χ1v) is 7.68. The number of hydrogen-bond acceptors (Lipinski definition) is 3. The summed E-state index contributed by atoms with van der Waals surface area (Å²) in [6.07, 6.45) is 0. The van der Waals surface area contributed by atoms with Gasteiger partial charge in [-0.1, -0.05) is 0 Å². The molecule has 124 valence electrons. The van der Waals surface area contributed by atoms with Crippen LogP contribution in [0.15, 0.2) is 66.4 Å². The number of ether oxygens (including phenoxy) is 2. The summed E-state index contributed by atoms with van der Waals surface area (Å²) in [4.78, 5) is 0. The molecule has 0 aliphatic rings. The van der Waals surface area contributed by atoms with E-state index in [0.717, 1.165) is 28.5 Å². The molecule has 2 rings (SSSR count). The average molecular weight is 322 g/mol. The zero-order chi connectivity index (χ0) is 17.7. The lowest BCUT2D eigenvalue weighted by molar-refractivity contribution is -0.295. The van der Waals surface area contributed by atoms with Crippen molar-refractivity contribution < 1.29 is 14.6 Å². The van der Waals surface area contributed by atoms with Crippen LogP contribution < -0.4 is 14.6 Å². The maximum atomic E-state index is 13.0. The first kappa shape index (κ1) is 17.5. The van der Waals surface area contributed by atoms with E-state index in [2.05, 4.69) is 6.58 Å². The molecule has 0 heterocycles. The maximum absolute atomic E-state index is 13.0. The van der Waals surface area contributed by atoms with Crippen LogP contribution in [0.4, 0.5) is 0 Å². The summed E-state index contributed by atoms with van der Waals surface area (Å²) >= 11 is 0. The Labute approximate surface area is 143 Å². The molecule has 0 amide bonds. The summed E-state index contributed by atoms with van der Waals surface area (Å²) in [6.45, 7) is 7.71. The van der Waals surface area contributed by atoms with Gasteiger partial charge in [0.05, 0.1) is 14.2 Å². The van der Waals surface area contributed by atoms with E-state index in [-0.39, 0.29) is 5.76 Å². The number of rotatable bonds is 6. The van der Waals surface area contributed by atoms with Gasteiger partial charge in [0.2, 0.25) is 0 Å². The molecular formula is C21H22O3. The van der Waals surface area contributed by atoms with Crippen LogP contribution in [0, 0.1) is 5.92 Å². The van der Waals surface area contributed by atoms with Gasteiger partial charge in [0.1, 0.15) is 17.1 Å². The van der Waals surface area contributed by atoms with Crippen LogP contribution in [-0.2, 0) is 0 Å². The topological polar surface area (TPSA) is 41.5 Å². The van der Waals surface area contributed by atoms with Gasteiger partial charge in [-0.2, -0.15) is 0 Å². The standard InChI is InChI=1S/C21H22O3/c1-14(2)15(3)21(22)20(16-6-10-18(23-4)11-7-16)17-8-12-19(24-5)13-9-17/h6-13H,3H2,1-2,4-5H3. The third-order valence-electron chi connectivity index (χ3n) is 3.86. The predicted molar refractivity (Wildman–Crippen MR) is 95.7 cm³/mol. The molecule has 0 fully saturated rings. The maximum Gasteiger partial charge on any atom is 0.122 e. The van der Waals surface area contributed by atoms with E-state index >= 15 is 0 Å². The lowest BCUT2D eigenvalue weighted by Gasteiger charge is -2.17. The number of allylic oxidation sites excluding steroid dienone is 1. The Morgan fingerprint density at radius 1 is 0.833 bits per heavy atom. The van der Waals surface area contributed by atoms with Gasteiger partial charge in [0, 0.05) is 37.7 Å². The minimum atomic E-state index is -0.0784. The zero-order valence-electron chi connectivity index (χ0n) is 14.6. The van der Waals surface area contributed by atoms with Crippen molar-refractivity contribution in [2.24, 2.45) is 0 Å². The highest BCUT2D eigenvalue weighted by Crippen LogP contribution is 2.32. The summed E-state index contributed by atoms with van der Waals surface area (Å²) in [6, 6.07) is 14.9. The van der Waals surface area contributed by atoms with Gasteiger partial charge in [-0.3, -0.25) is 0 Å². The second-order valence-electron chi connectivity index (χ2n) is 5.64. The van der Waals surface area contributed by atoms with Gasteiger partial charge in [-0.05, 0) is 59.7 Å². The highest BCUT2D eigenvalue weighted by atomic mass is 16.5. The zero-order valence-corrected chi connectivity index (χ0v) is 14.6. The first-order valence-electron chi connectivity index (χ1n) is 7.68. The molecule has 2 aromatic rings. The smallest absolute Gasteiger partial charge is 0.122 e. The van der Waals surface area contributed by atoms with Crippen LogP contribution in [0.3, 0.4) is 0 Å². The van der Waals surface area contributed by atoms with Crippen LogP contribution in [0.25, 0.3) is 5.57 Å². The molecule has 3 nitrogen and oxygen atoms in total. The molecule has 0 atom stereocenters. The molecular weight excluding hydrogens is 300 g/mol. The fourth-order valence-corrected chi connectivity index (χ4v) is 2.32. The van der Waals surface area contributed by atoms with Crippen LogP contribution in [0.5, 0.6) is 11.5 Å². The van der Waals surface area contributed by atoms with E-state index in [1.54, 1.807) is 14.2 Å². The fourth-order valence-electron chi connectivity index (χ4n) is 2.32. The number of benzene rings is 2. The van der Waals surface area contributed by atoms with E-state index in [0.29, 0.717) is 11.1 Å². The molecule has 0 spiro atoms. The van der Waals surface area contributed by atoms with Crippen LogP contribution in [0.2, 0.25) is 0 Å². The van der Waals surface area contributed by atoms with Gasteiger partial charge in [-0.25, -0.2) is 0 Å². The van der Waals surface area contributed by atoms with Gasteiger partial charge in [0.15, 0.2) is 0 Å². The van der Waals surface area contributed by atoms with Crippen molar-refractivity contribution in [2.45, 2.75) is 13.8 Å². The van der Waals surface area contributed by atoms with E-state index < -0.39 is 0 Å². The first-order chi connectivity index (χ1) is 11.5. The van der Waals surface area contributed by atoms with Crippen molar-refractivity contribution in [3.63, 3.8) is 0 Å². The largest absolute Gasteiger partial charge is 0.813 e. The van der Waals surface area contributed by atoms with Gasteiger partial charge in [0.25, 0.3) is 0 Å². The van der Waals surface area contributed by atoms with Crippen molar-refractivity contribution >= 4 is 5.57 Å². The normalized spacial score (nSPS) is 10.0. The fraction of sp³-hybridized carbons (Fsp3) is 0.190. The van der Waals surface area contributed by atoms with Crippen molar-refractivity contribution in [1.82, 2.24) is 0 Å². The monoisotopic (exact) mass is 322 g/mol. The van der Waals surface area contributed by atoms with E-state index in [4.69, 9.17) is 9.47 Å². The molecule has 0 N–H and O–H groups in total. The molecule has 0 saturated carbocycles. The Morgan fingerprint density at radius 3 is 1.50 bits per heavy atom. The minimum absolute atomic E-state index is 0.0784. The van der Waals surface area contributed by atoms with Crippen LogP contribution >= 0.6 is 0 Å². The molecule has 3 heteroatoms. The van der Waals surface area contributed by atoms with Crippen molar-refractivity contribution in [2.75, 3.05) is 14.2 Å². The molecule has 0 aliphatic carbocycles. The Hall–Kier alpha value is -2.81. The highest BCUT2D eigenvalue weighted by molar-refractivity contribution is 5.83. The lowest BCUT2D eigenvalue weighted by atomic mass is 9.91. The van der Waals surface area contributed by atoms with Crippen molar-refractivity contribution in [3.8, 4) is 11.5 Å². The molecule has 0 unspecified atom stereocenters. The van der Waals surface area contributed by atoms with Crippen LogP contribution in [-0.4, -0.2) is 14.2 Å². The Kier molecular flexibility index (Phi) is 5.59. The molecule has 0 aromatic heterocycles. The van der Waals surface area contributed by atoms with Gasteiger partial charge < -0.3 is 14.6 Å². The predicted octanol–water partition coefficient (Wildman–Crippen LogP) is 3.99. The minimum Gasteiger partial charge on any atom is -0.813 e. The van der Waals surface area contributed by atoms with Crippen LogP contribution in [0.1, 0.15) is 25.0 Å². The van der Waals surface area contributed by atoms with Crippen molar-refractivity contribution in [3.05, 3.63) is 83.5 Å². The molecule has 24 heavy (non-hydrogen) atoms. The van der Waals surface area contributed by atoms with Gasteiger partial charge in [-0.15, -0.1) is 0 Å². The number of methoxy groups -OCH3 is 2. The summed E-state index contributed by atoms with van der Waals surface area (Å²) in [7, 11) is 3.23. The highest BCUT2D eigenvalue weighted by Gasteiger charge is 2.17. The SMILES string of the molecule is C=C(C([O-])=C(c1ccc(OC)cc1)c1ccc(OC)cc1)[C+](C)C.